The maximum absolute atomic E-state index is 5.78. The highest BCUT2D eigenvalue weighted by Gasteiger charge is 2.28. The van der Waals surface area contributed by atoms with Crippen molar-refractivity contribution in [3.8, 4) is 5.69 Å². The largest absolute Gasteiger partial charge is 0.324 e. The summed E-state index contributed by atoms with van der Waals surface area (Å²) in [4.78, 5) is 4.55. The van der Waals surface area contributed by atoms with Crippen molar-refractivity contribution in [1.82, 2.24) is 14.8 Å². The van der Waals surface area contributed by atoms with Gasteiger partial charge in [-0.1, -0.05) is 26.0 Å². The summed E-state index contributed by atoms with van der Waals surface area (Å²) in [6.07, 6.45) is 2.42. The molecule has 1 heterocycles. The summed E-state index contributed by atoms with van der Waals surface area (Å²) in [5.41, 5.74) is 8.16. The lowest BCUT2D eigenvalue weighted by Crippen LogP contribution is -2.08. The first-order valence-corrected chi connectivity index (χ1v) is 6.95. The van der Waals surface area contributed by atoms with Crippen LogP contribution in [0.4, 0.5) is 0 Å². The third-order valence-corrected chi connectivity index (χ3v) is 3.62. The van der Waals surface area contributed by atoms with E-state index in [-0.39, 0.29) is 0 Å². The molecule has 2 N–H and O–H groups in total. The molecular weight excluding hydrogens is 236 g/mol. The van der Waals surface area contributed by atoms with Gasteiger partial charge in [0.2, 0.25) is 0 Å². The van der Waals surface area contributed by atoms with Crippen LogP contribution < -0.4 is 5.73 Å². The number of hydrogen-bond acceptors (Lipinski definition) is 3. The van der Waals surface area contributed by atoms with Crippen LogP contribution in [0.1, 0.15) is 55.7 Å². The van der Waals surface area contributed by atoms with E-state index in [9.17, 15) is 0 Å². The summed E-state index contributed by atoms with van der Waals surface area (Å²) in [5, 5.41) is 4.61. The molecule has 1 saturated carbocycles. The molecule has 3 rings (SSSR count). The number of aromatic nitrogens is 3. The topological polar surface area (TPSA) is 56.7 Å². The van der Waals surface area contributed by atoms with Crippen molar-refractivity contribution in [3.05, 3.63) is 41.5 Å². The average molecular weight is 256 g/mol. The van der Waals surface area contributed by atoms with Gasteiger partial charge >= 0.3 is 0 Å². The molecule has 1 aromatic heterocycles. The molecule has 0 saturated heterocycles. The second kappa shape index (κ2) is 4.78. The van der Waals surface area contributed by atoms with E-state index in [0.717, 1.165) is 17.3 Å². The molecule has 4 nitrogen and oxygen atoms in total. The van der Waals surface area contributed by atoms with Crippen LogP contribution in [-0.4, -0.2) is 14.8 Å². The van der Waals surface area contributed by atoms with Crippen LogP contribution in [0.2, 0.25) is 0 Å². The molecule has 0 radical (unpaired) electrons. The first kappa shape index (κ1) is 12.4. The molecule has 0 aliphatic heterocycles. The Kier molecular flexibility index (Phi) is 3.11. The van der Waals surface area contributed by atoms with Crippen LogP contribution in [0.5, 0.6) is 0 Å². The second-order valence-corrected chi connectivity index (χ2v) is 5.52. The molecule has 19 heavy (non-hydrogen) atoms. The summed E-state index contributed by atoms with van der Waals surface area (Å²) in [6.45, 7) is 4.81. The lowest BCUT2D eigenvalue weighted by Gasteiger charge is -2.08. The molecule has 0 amide bonds. The average Bonchev–Trinajstić information content (AvgIpc) is 3.18. The minimum absolute atomic E-state index is 0.422. The Bertz CT molecular complexity index is 564. The number of nitrogens with zero attached hydrogens (tertiary/aromatic N) is 3. The monoisotopic (exact) mass is 256 g/mol. The Hall–Kier alpha value is -1.68. The van der Waals surface area contributed by atoms with Gasteiger partial charge < -0.3 is 5.73 Å². The molecule has 1 fully saturated rings. The Morgan fingerprint density at radius 1 is 1.26 bits per heavy atom. The fourth-order valence-corrected chi connectivity index (χ4v) is 2.22. The molecule has 1 aromatic carbocycles. The van der Waals surface area contributed by atoms with Crippen molar-refractivity contribution in [2.45, 2.75) is 45.1 Å². The van der Waals surface area contributed by atoms with Crippen molar-refractivity contribution >= 4 is 0 Å². The Morgan fingerprint density at radius 3 is 2.47 bits per heavy atom. The smallest absolute Gasteiger partial charge is 0.154 e. The van der Waals surface area contributed by atoms with Crippen molar-refractivity contribution in [1.29, 1.82) is 0 Å². The highest BCUT2D eigenvalue weighted by atomic mass is 15.4. The summed E-state index contributed by atoms with van der Waals surface area (Å²) < 4.78 is 1.89. The highest BCUT2D eigenvalue weighted by Crippen LogP contribution is 2.38. The molecular formula is C15H20N4. The van der Waals surface area contributed by atoms with Crippen LogP contribution in [-0.2, 0) is 6.54 Å². The molecule has 2 aromatic rings. The van der Waals surface area contributed by atoms with Gasteiger partial charge in [-0.2, -0.15) is 5.10 Å². The molecule has 0 spiro atoms. The number of rotatable bonds is 4. The van der Waals surface area contributed by atoms with E-state index >= 15 is 0 Å². The quantitative estimate of drug-likeness (QED) is 0.915. The van der Waals surface area contributed by atoms with Gasteiger partial charge in [0.05, 0.1) is 12.2 Å². The zero-order valence-electron chi connectivity index (χ0n) is 11.5. The van der Waals surface area contributed by atoms with Crippen LogP contribution in [0.3, 0.4) is 0 Å². The molecule has 0 atom stereocenters. The second-order valence-electron chi connectivity index (χ2n) is 5.52. The van der Waals surface area contributed by atoms with E-state index in [1.165, 1.54) is 18.4 Å². The first-order chi connectivity index (χ1) is 9.19. The van der Waals surface area contributed by atoms with Crippen LogP contribution >= 0.6 is 0 Å². The molecule has 1 aliphatic carbocycles. The van der Waals surface area contributed by atoms with Crippen LogP contribution in [0.25, 0.3) is 5.69 Å². The predicted octanol–water partition coefficient (Wildman–Crippen LogP) is 2.73. The number of hydrogen-bond donors (Lipinski definition) is 1. The third-order valence-electron chi connectivity index (χ3n) is 3.62. The van der Waals surface area contributed by atoms with Gasteiger partial charge in [0.25, 0.3) is 0 Å². The maximum atomic E-state index is 5.78. The molecule has 1 aliphatic rings. The van der Waals surface area contributed by atoms with Gasteiger partial charge in [-0.15, -0.1) is 0 Å². The van der Waals surface area contributed by atoms with Crippen molar-refractivity contribution in [2.24, 2.45) is 5.73 Å². The van der Waals surface area contributed by atoms with E-state index in [2.05, 4.69) is 48.2 Å². The summed E-state index contributed by atoms with van der Waals surface area (Å²) in [7, 11) is 0. The van der Waals surface area contributed by atoms with E-state index in [0.29, 0.717) is 18.4 Å². The van der Waals surface area contributed by atoms with Gasteiger partial charge in [0, 0.05) is 5.92 Å². The van der Waals surface area contributed by atoms with Crippen molar-refractivity contribution in [3.63, 3.8) is 0 Å². The predicted molar refractivity (Wildman–Crippen MR) is 75.3 cm³/mol. The lowest BCUT2D eigenvalue weighted by atomic mass is 10.0. The number of nitrogens with two attached hydrogens (primary N) is 1. The summed E-state index contributed by atoms with van der Waals surface area (Å²) >= 11 is 0. The van der Waals surface area contributed by atoms with E-state index in [4.69, 9.17) is 5.73 Å². The van der Waals surface area contributed by atoms with E-state index < -0.39 is 0 Å². The molecule has 0 unspecified atom stereocenters. The fraction of sp³-hybridized carbons (Fsp3) is 0.467. The number of benzene rings is 1. The van der Waals surface area contributed by atoms with E-state index in [1.807, 2.05) is 4.68 Å². The standard InChI is InChI=1S/C15H20N4/c1-10(2)11-5-7-13(8-6-11)19-14(9-16)17-15(18-19)12-3-4-12/h5-8,10,12H,3-4,9,16H2,1-2H3. The third kappa shape index (κ3) is 2.40. The van der Waals surface area contributed by atoms with E-state index in [1.54, 1.807) is 0 Å². The van der Waals surface area contributed by atoms with Crippen LogP contribution in [0.15, 0.2) is 24.3 Å². The Morgan fingerprint density at radius 2 is 1.95 bits per heavy atom. The van der Waals surface area contributed by atoms with Crippen molar-refractivity contribution < 1.29 is 0 Å². The van der Waals surface area contributed by atoms with Crippen LogP contribution in [0, 0.1) is 0 Å². The zero-order chi connectivity index (χ0) is 13.4. The molecule has 100 valence electrons. The fourth-order valence-electron chi connectivity index (χ4n) is 2.22. The lowest BCUT2D eigenvalue weighted by molar-refractivity contribution is 0.778. The summed E-state index contributed by atoms with van der Waals surface area (Å²) in [5.74, 6) is 2.90. The first-order valence-electron chi connectivity index (χ1n) is 6.95. The Balaban J connectivity index is 1.95. The normalized spacial score (nSPS) is 15.2. The SMILES string of the molecule is CC(C)c1ccc(-n2nc(C3CC3)nc2CN)cc1. The van der Waals surface area contributed by atoms with Crippen molar-refractivity contribution in [2.75, 3.05) is 0 Å². The molecule has 0 bridgehead atoms. The van der Waals surface area contributed by atoms with Gasteiger partial charge in [0.15, 0.2) is 5.82 Å². The minimum Gasteiger partial charge on any atom is -0.324 e. The Labute approximate surface area is 113 Å². The zero-order valence-corrected chi connectivity index (χ0v) is 11.5. The minimum atomic E-state index is 0.422. The van der Waals surface area contributed by atoms with Gasteiger partial charge in [0.1, 0.15) is 5.82 Å². The maximum Gasteiger partial charge on any atom is 0.154 e. The van der Waals surface area contributed by atoms with Gasteiger partial charge in [-0.3, -0.25) is 0 Å². The molecule has 4 heteroatoms. The highest BCUT2D eigenvalue weighted by molar-refractivity contribution is 5.36. The summed E-state index contributed by atoms with van der Waals surface area (Å²) in [6, 6.07) is 8.50. The van der Waals surface area contributed by atoms with Gasteiger partial charge in [-0.25, -0.2) is 9.67 Å². The van der Waals surface area contributed by atoms with Gasteiger partial charge in [-0.05, 0) is 36.5 Å².